The molecule has 0 spiro atoms. The normalized spacial score (nSPS) is 19.6. The van der Waals surface area contributed by atoms with Crippen molar-refractivity contribution in [1.82, 2.24) is 5.32 Å². The number of carbonyl (C=O) groups excluding carboxylic acids is 1. The summed E-state index contributed by atoms with van der Waals surface area (Å²) in [5.41, 5.74) is 1.06. The van der Waals surface area contributed by atoms with Gasteiger partial charge in [-0.05, 0) is 41.1 Å². The minimum atomic E-state index is -0.974. The SMILES string of the molecule is CC1C(=O)NCCN1c1ccc(C(=O)O)c(Br)c1. The van der Waals surface area contributed by atoms with Crippen LogP contribution in [0.25, 0.3) is 0 Å². The van der Waals surface area contributed by atoms with E-state index in [4.69, 9.17) is 5.11 Å². The van der Waals surface area contributed by atoms with Crippen LogP contribution in [0.2, 0.25) is 0 Å². The quantitative estimate of drug-likeness (QED) is 0.867. The molecule has 1 amide bonds. The Bertz CT molecular complexity index is 504. The van der Waals surface area contributed by atoms with Crippen molar-refractivity contribution >= 4 is 33.5 Å². The van der Waals surface area contributed by atoms with E-state index in [-0.39, 0.29) is 17.5 Å². The third kappa shape index (κ3) is 2.33. The van der Waals surface area contributed by atoms with Crippen LogP contribution >= 0.6 is 15.9 Å². The van der Waals surface area contributed by atoms with Gasteiger partial charge in [0.2, 0.25) is 5.91 Å². The molecule has 1 saturated heterocycles. The number of aromatic carboxylic acids is 1. The highest BCUT2D eigenvalue weighted by molar-refractivity contribution is 9.10. The van der Waals surface area contributed by atoms with Gasteiger partial charge in [0.05, 0.1) is 5.56 Å². The van der Waals surface area contributed by atoms with Gasteiger partial charge in [-0.1, -0.05) is 0 Å². The van der Waals surface area contributed by atoms with Crippen molar-refractivity contribution in [3.63, 3.8) is 0 Å². The highest BCUT2D eigenvalue weighted by Crippen LogP contribution is 2.26. The molecule has 1 aromatic carbocycles. The summed E-state index contributed by atoms with van der Waals surface area (Å²) in [5.74, 6) is -0.988. The smallest absolute Gasteiger partial charge is 0.336 e. The van der Waals surface area contributed by atoms with Gasteiger partial charge in [-0.25, -0.2) is 4.79 Å². The van der Waals surface area contributed by atoms with Crippen molar-refractivity contribution in [3.05, 3.63) is 28.2 Å². The van der Waals surface area contributed by atoms with Gasteiger partial charge in [0, 0.05) is 23.2 Å². The lowest BCUT2D eigenvalue weighted by Crippen LogP contribution is -2.54. The molecule has 1 unspecified atom stereocenters. The standard InChI is InChI=1S/C12H13BrN2O3/c1-7-11(16)14-4-5-15(7)8-2-3-9(12(17)18)10(13)6-8/h2-3,6-7H,4-5H2,1H3,(H,14,16)(H,17,18). The molecule has 1 aromatic rings. The Labute approximate surface area is 113 Å². The molecule has 1 aliphatic heterocycles. The number of hydrogen-bond donors (Lipinski definition) is 2. The van der Waals surface area contributed by atoms with E-state index in [0.717, 1.165) is 5.69 Å². The van der Waals surface area contributed by atoms with Crippen LogP contribution < -0.4 is 10.2 Å². The molecule has 1 heterocycles. The van der Waals surface area contributed by atoms with Crippen molar-refractivity contribution in [2.75, 3.05) is 18.0 Å². The topological polar surface area (TPSA) is 69.6 Å². The average molecular weight is 313 g/mol. The zero-order chi connectivity index (χ0) is 13.3. The molecule has 96 valence electrons. The number of benzene rings is 1. The summed E-state index contributed by atoms with van der Waals surface area (Å²) >= 11 is 3.24. The van der Waals surface area contributed by atoms with Crippen LogP contribution in [0.3, 0.4) is 0 Å². The average Bonchev–Trinajstić information content (AvgIpc) is 2.32. The van der Waals surface area contributed by atoms with Gasteiger partial charge < -0.3 is 15.3 Å². The van der Waals surface area contributed by atoms with Gasteiger partial charge in [0.25, 0.3) is 0 Å². The molecule has 0 saturated carbocycles. The molecular formula is C12H13BrN2O3. The Balaban J connectivity index is 2.31. The number of carboxylic acids is 1. The van der Waals surface area contributed by atoms with E-state index in [1.807, 2.05) is 11.8 Å². The number of piperazine rings is 1. The number of hydrogen-bond acceptors (Lipinski definition) is 3. The fourth-order valence-electron chi connectivity index (χ4n) is 1.99. The van der Waals surface area contributed by atoms with Crippen molar-refractivity contribution in [2.45, 2.75) is 13.0 Å². The second kappa shape index (κ2) is 4.97. The number of nitrogens with zero attached hydrogens (tertiary/aromatic N) is 1. The molecule has 1 atom stereocenters. The number of anilines is 1. The third-order valence-electron chi connectivity index (χ3n) is 3.01. The molecule has 0 aromatic heterocycles. The van der Waals surface area contributed by atoms with Crippen LogP contribution in [-0.4, -0.2) is 36.1 Å². The Morgan fingerprint density at radius 1 is 1.56 bits per heavy atom. The fraction of sp³-hybridized carbons (Fsp3) is 0.333. The first-order valence-corrected chi connectivity index (χ1v) is 6.37. The van der Waals surface area contributed by atoms with Crippen molar-refractivity contribution in [3.8, 4) is 0 Å². The molecule has 5 nitrogen and oxygen atoms in total. The van der Waals surface area contributed by atoms with Gasteiger partial charge in [-0.2, -0.15) is 0 Å². The minimum absolute atomic E-state index is 0.0142. The lowest BCUT2D eigenvalue weighted by molar-refractivity contribution is -0.122. The Kier molecular flexibility index (Phi) is 3.56. The zero-order valence-corrected chi connectivity index (χ0v) is 11.4. The zero-order valence-electron chi connectivity index (χ0n) is 9.81. The molecule has 6 heteroatoms. The number of carboxylic acid groups (broad SMARTS) is 1. The number of nitrogens with one attached hydrogen (secondary N) is 1. The summed E-state index contributed by atoms with van der Waals surface area (Å²) in [5, 5.41) is 11.7. The molecular weight excluding hydrogens is 300 g/mol. The van der Waals surface area contributed by atoms with Gasteiger partial charge in [0.1, 0.15) is 6.04 Å². The predicted molar refractivity (Wildman–Crippen MR) is 70.9 cm³/mol. The van der Waals surface area contributed by atoms with Gasteiger partial charge in [-0.15, -0.1) is 0 Å². The van der Waals surface area contributed by atoms with Gasteiger partial charge >= 0.3 is 5.97 Å². The summed E-state index contributed by atoms with van der Waals surface area (Å²) < 4.78 is 0.519. The van der Waals surface area contributed by atoms with Crippen LogP contribution in [0.4, 0.5) is 5.69 Å². The van der Waals surface area contributed by atoms with E-state index in [2.05, 4.69) is 21.2 Å². The summed E-state index contributed by atoms with van der Waals surface area (Å²) in [4.78, 5) is 24.5. The van der Waals surface area contributed by atoms with E-state index in [0.29, 0.717) is 17.6 Å². The molecule has 2 rings (SSSR count). The van der Waals surface area contributed by atoms with Crippen molar-refractivity contribution < 1.29 is 14.7 Å². The molecule has 0 bridgehead atoms. The molecule has 18 heavy (non-hydrogen) atoms. The Morgan fingerprint density at radius 3 is 2.89 bits per heavy atom. The highest BCUT2D eigenvalue weighted by Gasteiger charge is 2.26. The number of rotatable bonds is 2. The van der Waals surface area contributed by atoms with Crippen LogP contribution in [0, 0.1) is 0 Å². The second-order valence-electron chi connectivity index (χ2n) is 4.13. The first kappa shape index (κ1) is 12.9. The highest BCUT2D eigenvalue weighted by atomic mass is 79.9. The first-order chi connectivity index (χ1) is 8.50. The molecule has 0 aliphatic carbocycles. The fourth-order valence-corrected chi connectivity index (χ4v) is 2.53. The van der Waals surface area contributed by atoms with Crippen LogP contribution in [0.1, 0.15) is 17.3 Å². The maximum absolute atomic E-state index is 11.6. The maximum Gasteiger partial charge on any atom is 0.336 e. The van der Waals surface area contributed by atoms with E-state index >= 15 is 0 Å². The predicted octanol–water partition coefficient (Wildman–Crippen LogP) is 1.47. The number of amides is 1. The molecule has 1 aliphatic rings. The maximum atomic E-state index is 11.6. The van der Waals surface area contributed by atoms with Gasteiger partial charge in [-0.3, -0.25) is 4.79 Å². The Hall–Kier alpha value is -1.56. The monoisotopic (exact) mass is 312 g/mol. The first-order valence-electron chi connectivity index (χ1n) is 5.58. The van der Waals surface area contributed by atoms with Crippen molar-refractivity contribution in [1.29, 1.82) is 0 Å². The molecule has 2 N–H and O–H groups in total. The molecule has 0 radical (unpaired) electrons. The summed E-state index contributed by atoms with van der Waals surface area (Å²) in [6.07, 6.45) is 0. The van der Waals surface area contributed by atoms with Gasteiger partial charge in [0.15, 0.2) is 0 Å². The van der Waals surface area contributed by atoms with Crippen molar-refractivity contribution in [2.24, 2.45) is 0 Å². The lowest BCUT2D eigenvalue weighted by Gasteiger charge is -2.34. The largest absolute Gasteiger partial charge is 0.478 e. The summed E-state index contributed by atoms with van der Waals surface area (Å²) in [7, 11) is 0. The van der Waals surface area contributed by atoms with E-state index in [1.54, 1.807) is 18.2 Å². The Morgan fingerprint density at radius 2 is 2.28 bits per heavy atom. The minimum Gasteiger partial charge on any atom is -0.478 e. The number of carbonyl (C=O) groups is 2. The number of halogens is 1. The van der Waals surface area contributed by atoms with Crippen LogP contribution in [0.5, 0.6) is 0 Å². The lowest BCUT2D eigenvalue weighted by atomic mass is 10.1. The third-order valence-corrected chi connectivity index (χ3v) is 3.67. The second-order valence-corrected chi connectivity index (χ2v) is 4.98. The van der Waals surface area contributed by atoms with Crippen LogP contribution in [-0.2, 0) is 4.79 Å². The van der Waals surface area contributed by atoms with E-state index in [9.17, 15) is 9.59 Å². The summed E-state index contributed by atoms with van der Waals surface area (Å²) in [6, 6.07) is 4.75. The van der Waals surface area contributed by atoms with E-state index in [1.165, 1.54) is 0 Å². The summed E-state index contributed by atoms with van der Waals surface area (Å²) in [6.45, 7) is 3.14. The van der Waals surface area contributed by atoms with Crippen LogP contribution in [0.15, 0.2) is 22.7 Å². The molecule has 1 fully saturated rings. The van der Waals surface area contributed by atoms with E-state index < -0.39 is 5.97 Å².